The molecule has 33 heavy (non-hydrogen) atoms. The molecular formula is C23H23ClF3N3O2S. The number of rotatable bonds is 9. The number of benzene rings is 2. The first-order chi connectivity index (χ1) is 15.7. The van der Waals surface area contributed by atoms with Crippen molar-refractivity contribution in [3.05, 3.63) is 64.1 Å². The van der Waals surface area contributed by atoms with Crippen LogP contribution in [0, 0.1) is 0 Å². The van der Waals surface area contributed by atoms with Crippen molar-refractivity contribution in [1.82, 2.24) is 4.98 Å². The Kier molecular flexibility index (Phi) is 8.20. The highest BCUT2D eigenvalue weighted by Gasteiger charge is 2.35. The summed E-state index contributed by atoms with van der Waals surface area (Å²) >= 11 is 6.99. The zero-order valence-electron chi connectivity index (χ0n) is 18.1. The molecule has 1 amide bonds. The Labute approximate surface area is 199 Å². The molecule has 0 saturated carbocycles. The Morgan fingerprint density at radius 1 is 1.18 bits per heavy atom. The van der Waals surface area contributed by atoms with E-state index in [1.54, 1.807) is 42.8 Å². The van der Waals surface area contributed by atoms with Crippen molar-refractivity contribution in [2.45, 2.75) is 32.4 Å². The molecule has 0 aliphatic carbocycles. The summed E-state index contributed by atoms with van der Waals surface area (Å²) < 4.78 is 46.3. The van der Waals surface area contributed by atoms with Crippen LogP contribution in [0.4, 0.5) is 29.7 Å². The number of hydrogen-bond donors (Lipinski definition) is 1. The molecule has 3 aromatic rings. The molecule has 0 atom stereocenters. The SMILES string of the molecule is CCCCCOc1ccc(N(C)c2nc(C(=O)Nc3ccc(Cl)cc3)cs2)cc1C(F)(F)F. The molecule has 0 saturated heterocycles. The number of hydrogen-bond acceptors (Lipinski definition) is 5. The maximum atomic E-state index is 13.6. The van der Waals surface area contributed by atoms with Gasteiger partial charge < -0.3 is 15.0 Å². The number of nitrogens with zero attached hydrogens (tertiary/aromatic N) is 2. The highest BCUT2D eigenvalue weighted by Crippen LogP contribution is 2.40. The fourth-order valence-electron chi connectivity index (χ4n) is 2.97. The number of carbonyl (C=O) groups is 1. The van der Waals surface area contributed by atoms with Gasteiger partial charge in [0.25, 0.3) is 5.91 Å². The Morgan fingerprint density at radius 3 is 2.58 bits per heavy atom. The largest absolute Gasteiger partial charge is 0.493 e. The standard InChI is InChI=1S/C23H23ClF3N3O2S/c1-3-4-5-12-32-20-11-10-17(13-18(20)23(25,26)27)30(2)22-29-19(14-33-22)21(31)28-16-8-6-15(24)7-9-16/h6-11,13-14H,3-5,12H2,1-2H3,(H,28,31). The van der Waals surface area contributed by atoms with Gasteiger partial charge in [-0.1, -0.05) is 31.4 Å². The van der Waals surface area contributed by atoms with E-state index in [2.05, 4.69) is 10.3 Å². The van der Waals surface area contributed by atoms with E-state index in [0.29, 0.717) is 22.3 Å². The van der Waals surface area contributed by atoms with Gasteiger partial charge in [0.1, 0.15) is 11.4 Å². The van der Waals surface area contributed by atoms with Crippen molar-refractivity contribution in [2.75, 3.05) is 23.9 Å². The minimum absolute atomic E-state index is 0.156. The first-order valence-corrected chi connectivity index (χ1v) is 11.5. The predicted octanol–water partition coefficient (Wildman–Crippen LogP) is 7.40. The number of alkyl halides is 3. The first-order valence-electron chi connectivity index (χ1n) is 10.3. The van der Waals surface area contributed by atoms with E-state index in [1.165, 1.54) is 11.0 Å². The molecule has 0 spiro atoms. The molecule has 3 rings (SSSR count). The van der Waals surface area contributed by atoms with Crippen LogP contribution in [0.5, 0.6) is 5.75 Å². The number of amides is 1. The molecule has 1 heterocycles. The number of carbonyl (C=O) groups excluding carboxylic acids is 1. The lowest BCUT2D eigenvalue weighted by molar-refractivity contribution is -0.138. The topological polar surface area (TPSA) is 54.5 Å². The Balaban J connectivity index is 1.76. The quantitative estimate of drug-likeness (QED) is 0.313. The lowest BCUT2D eigenvalue weighted by Crippen LogP contribution is -2.15. The zero-order valence-corrected chi connectivity index (χ0v) is 19.7. The molecule has 2 aromatic carbocycles. The van der Waals surface area contributed by atoms with Crippen LogP contribution in [0.15, 0.2) is 47.8 Å². The fourth-order valence-corrected chi connectivity index (χ4v) is 3.89. The van der Waals surface area contributed by atoms with Crippen molar-refractivity contribution in [3.63, 3.8) is 0 Å². The van der Waals surface area contributed by atoms with Crippen LogP contribution in [0.3, 0.4) is 0 Å². The van der Waals surface area contributed by atoms with Gasteiger partial charge in [-0.3, -0.25) is 4.79 Å². The summed E-state index contributed by atoms with van der Waals surface area (Å²) in [6, 6.07) is 10.5. The third-order valence-electron chi connectivity index (χ3n) is 4.78. The van der Waals surface area contributed by atoms with Gasteiger partial charge >= 0.3 is 6.18 Å². The lowest BCUT2D eigenvalue weighted by atomic mass is 10.1. The molecular weight excluding hydrogens is 475 g/mol. The van der Waals surface area contributed by atoms with Crippen LogP contribution in [-0.4, -0.2) is 24.5 Å². The molecule has 0 bridgehead atoms. The maximum absolute atomic E-state index is 13.6. The zero-order chi connectivity index (χ0) is 24.0. The van der Waals surface area contributed by atoms with Crippen molar-refractivity contribution >= 4 is 45.4 Å². The highest BCUT2D eigenvalue weighted by molar-refractivity contribution is 7.14. The number of aromatic nitrogens is 1. The number of thiazole rings is 1. The molecule has 0 unspecified atom stereocenters. The molecule has 1 N–H and O–H groups in total. The molecule has 10 heteroatoms. The summed E-state index contributed by atoms with van der Waals surface area (Å²) in [4.78, 5) is 18.2. The number of halogens is 4. The van der Waals surface area contributed by atoms with Crippen LogP contribution in [0.25, 0.3) is 0 Å². The minimum atomic E-state index is -4.57. The van der Waals surface area contributed by atoms with Gasteiger partial charge in [-0.2, -0.15) is 13.2 Å². The summed E-state index contributed by atoms with van der Waals surface area (Å²) in [5, 5.41) is 5.17. The van der Waals surface area contributed by atoms with Crippen LogP contribution >= 0.6 is 22.9 Å². The maximum Gasteiger partial charge on any atom is 0.420 e. The van der Waals surface area contributed by atoms with Crippen molar-refractivity contribution < 1.29 is 22.7 Å². The first kappa shape index (κ1) is 24.9. The van der Waals surface area contributed by atoms with Crippen LogP contribution < -0.4 is 15.0 Å². The van der Waals surface area contributed by atoms with Gasteiger partial charge in [-0.25, -0.2) is 4.98 Å². The number of ether oxygens (including phenoxy) is 1. The average Bonchev–Trinajstić information content (AvgIpc) is 3.28. The van der Waals surface area contributed by atoms with E-state index >= 15 is 0 Å². The van der Waals surface area contributed by atoms with Crippen molar-refractivity contribution in [1.29, 1.82) is 0 Å². The Bertz CT molecular complexity index is 1090. The van der Waals surface area contributed by atoms with Gasteiger partial charge in [-0.05, 0) is 48.9 Å². The van der Waals surface area contributed by atoms with E-state index in [4.69, 9.17) is 16.3 Å². The summed E-state index contributed by atoms with van der Waals surface area (Å²) in [5.41, 5.74) is 0.142. The molecule has 1 aromatic heterocycles. The lowest BCUT2D eigenvalue weighted by Gasteiger charge is -2.20. The predicted molar refractivity (Wildman–Crippen MR) is 126 cm³/mol. The second kappa shape index (κ2) is 10.9. The number of anilines is 3. The van der Waals surface area contributed by atoms with Crippen LogP contribution in [0.1, 0.15) is 42.2 Å². The molecule has 5 nitrogen and oxygen atoms in total. The molecule has 0 radical (unpaired) electrons. The van der Waals surface area contributed by atoms with E-state index in [0.717, 1.165) is 30.2 Å². The minimum Gasteiger partial charge on any atom is -0.493 e. The van der Waals surface area contributed by atoms with E-state index < -0.39 is 17.6 Å². The van der Waals surface area contributed by atoms with Crippen molar-refractivity contribution in [3.8, 4) is 5.75 Å². The average molecular weight is 498 g/mol. The normalized spacial score (nSPS) is 11.3. The van der Waals surface area contributed by atoms with Gasteiger partial charge in [0.15, 0.2) is 5.13 Å². The van der Waals surface area contributed by atoms with Crippen LogP contribution in [-0.2, 0) is 6.18 Å². The third kappa shape index (κ3) is 6.61. The molecule has 0 aliphatic rings. The smallest absolute Gasteiger partial charge is 0.420 e. The Hall–Kier alpha value is -2.78. The van der Waals surface area contributed by atoms with E-state index in [1.807, 2.05) is 6.92 Å². The van der Waals surface area contributed by atoms with Gasteiger partial charge in [0.05, 0.1) is 12.2 Å². The van der Waals surface area contributed by atoms with Crippen molar-refractivity contribution in [2.24, 2.45) is 0 Å². The summed E-state index contributed by atoms with van der Waals surface area (Å²) in [6.07, 6.45) is -2.04. The second-order valence-corrected chi connectivity index (χ2v) is 8.54. The number of nitrogens with one attached hydrogen (secondary N) is 1. The van der Waals surface area contributed by atoms with Gasteiger partial charge in [-0.15, -0.1) is 11.3 Å². The fraction of sp³-hybridized carbons (Fsp3) is 0.304. The summed E-state index contributed by atoms with van der Waals surface area (Å²) in [5.74, 6) is -0.627. The Morgan fingerprint density at radius 2 is 1.91 bits per heavy atom. The molecule has 0 aliphatic heterocycles. The molecule has 176 valence electrons. The van der Waals surface area contributed by atoms with E-state index in [-0.39, 0.29) is 23.7 Å². The van der Waals surface area contributed by atoms with E-state index in [9.17, 15) is 18.0 Å². The summed E-state index contributed by atoms with van der Waals surface area (Å²) in [6.45, 7) is 2.24. The number of unbranched alkanes of at least 4 members (excludes halogenated alkanes) is 2. The highest BCUT2D eigenvalue weighted by atomic mass is 35.5. The van der Waals surface area contributed by atoms with Gasteiger partial charge in [0.2, 0.25) is 0 Å². The second-order valence-electron chi connectivity index (χ2n) is 7.27. The molecule has 0 fully saturated rings. The third-order valence-corrected chi connectivity index (χ3v) is 5.94. The van der Waals surface area contributed by atoms with Crippen LogP contribution in [0.2, 0.25) is 5.02 Å². The van der Waals surface area contributed by atoms with Gasteiger partial charge in [0, 0.05) is 28.8 Å². The summed E-state index contributed by atoms with van der Waals surface area (Å²) in [7, 11) is 1.59. The monoisotopic (exact) mass is 497 g/mol.